The van der Waals surface area contributed by atoms with E-state index in [4.69, 9.17) is 16.2 Å². The summed E-state index contributed by atoms with van der Waals surface area (Å²) >= 11 is 0. The van der Waals surface area contributed by atoms with E-state index >= 15 is 0 Å². The van der Waals surface area contributed by atoms with Crippen molar-refractivity contribution in [2.75, 3.05) is 25.1 Å². The number of aromatic amines is 1. The van der Waals surface area contributed by atoms with Crippen molar-refractivity contribution in [3.05, 3.63) is 54.1 Å². The number of methoxy groups -OCH3 is 1. The molecular formula is C22H24N6O2. The highest BCUT2D eigenvalue weighted by molar-refractivity contribution is 5.96. The molecule has 8 heteroatoms. The zero-order chi connectivity index (χ0) is 21.3. The zero-order valence-electron chi connectivity index (χ0n) is 16.9. The molecule has 0 spiro atoms. The molecule has 1 amide bonds. The van der Waals surface area contributed by atoms with Crippen LogP contribution in [-0.2, 0) is 11.2 Å². The number of anilines is 2. The third-order valence-corrected chi connectivity index (χ3v) is 5.06. The van der Waals surface area contributed by atoms with Crippen LogP contribution in [0.4, 0.5) is 11.6 Å². The summed E-state index contributed by atoms with van der Waals surface area (Å²) in [5, 5.41) is 8.30. The van der Waals surface area contributed by atoms with Crippen molar-refractivity contribution in [1.29, 1.82) is 0 Å². The molecule has 0 aliphatic heterocycles. The van der Waals surface area contributed by atoms with Gasteiger partial charge in [0.2, 0.25) is 5.91 Å². The van der Waals surface area contributed by atoms with Gasteiger partial charge in [-0.05, 0) is 42.3 Å². The predicted molar refractivity (Wildman–Crippen MR) is 119 cm³/mol. The van der Waals surface area contributed by atoms with Gasteiger partial charge in [0, 0.05) is 24.4 Å². The number of nitrogens with zero attached hydrogens (tertiary/aromatic N) is 2. The number of H-pyrrole nitrogens is 1. The third kappa shape index (κ3) is 3.43. The highest BCUT2D eigenvalue weighted by Gasteiger charge is 2.22. The Balaban J connectivity index is 1.88. The number of hydrogen-bond donors (Lipinski definition) is 4. The van der Waals surface area contributed by atoms with E-state index in [0.717, 1.165) is 33.6 Å². The predicted octanol–water partition coefficient (Wildman–Crippen LogP) is 2.87. The molecule has 2 heterocycles. The van der Waals surface area contributed by atoms with E-state index in [1.54, 1.807) is 11.8 Å². The second kappa shape index (κ2) is 7.82. The fraction of sp³-hybridized carbons (Fsp3) is 0.182. The van der Waals surface area contributed by atoms with Gasteiger partial charge in [-0.15, -0.1) is 5.10 Å². The van der Waals surface area contributed by atoms with Gasteiger partial charge in [-0.2, -0.15) is 0 Å². The van der Waals surface area contributed by atoms with E-state index in [0.29, 0.717) is 30.2 Å². The van der Waals surface area contributed by atoms with Crippen LogP contribution >= 0.6 is 0 Å². The Morgan fingerprint density at radius 2 is 1.97 bits per heavy atom. The number of nitrogens with one attached hydrogen (secondary N) is 2. The number of amides is 1. The van der Waals surface area contributed by atoms with Crippen molar-refractivity contribution in [3.63, 3.8) is 0 Å². The second-order valence-corrected chi connectivity index (χ2v) is 7.02. The molecule has 0 atom stereocenters. The molecule has 8 nitrogen and oxygen atoms in total. The smallest absolute Gasteiger partial charge is 0.216 e. The van der Waals surface area contributed by atoms with Crippen LogP contribution in [0.3, 0.4) is 0 Å². The second-order valence-electron chi connectivity index (χ2n) is 7.02. The lowest BCUT2D eigenvalue weighted by Gasteiger charge is -2.08. The third-order valence-electron chi connectivity index (χ3n) is 5.06. The van der Waals surface area contributed by atoms with Crippen LogP contribution in [0.2, 0.25) is 0 Å². The van der Waals surface area contributed by atoms with Crippen LogP contribution in [0, 0.1) is 0 Å². The van der Waals surface area contributed by atoms with Crippen LogP contribution in [0.25, 0.3) is 27.8 Å². The Kier molecular flexibility index (Phi) is 5.05. The first kappa shape index (κ1) is 19.4. The maximum Gasteiger partial charge on any atom is 0.216 e. The fourth-order valence-electron chi connectivity index (χ4n) is 3.66. The van der Waals surface area contributed by atoms with Crippen molar-refractivity contribution in [2.24, 2.45) is 0 Å². The number of carbonyl (C=O) groups is 1. The SMILES string of the molecule is COc1ccc2[nH]c(-c3c(N)nn(-c4ccccc4)c3N)c(CCNC(C)=O)c2c1. The van der Waals surface area contributed by atoms with Crippen LogP contribution < -0.4 is 21.5 Å². The fourth-order valence-corrected chi connectivity index (χ4v) is 3.66. The number of nitrogens with two attached hydrogens (primary N) is 2. The molecule has 0 fully saturated rings. The van der Waals surface area contributed by atoms with Crippen LogP contribution in [-0.4, -0.2) is 34.3 Å². The van der Waals surface area contributed by atoms with E-state index in [2.05, 4.69) is 15.4 Å². The summed E-state index contributed by atoms with van der Waals surface area (Å²) in [5.41, 5.74) is 17.0. The maximum absolute atomic E-state index is 11.4. The van der Waals surface area contributed by atoms with Crippen molar-refractivity contribution < 1.29 is 9.53 Å². The van der Waals surface area contributed by atoms with Crippen molar-refractivity contribution in [1.82, 2.24) is 20.1 Å². The summed E-state index contributed by atoms with van der Waals surface area (Å²) in [5.74, 6) is 1.44. The summed E-state index contributed by atoms with van der Waals surface area (Å²) < 4.78 is 7.03. The van der Waals surface area contributed by atoms with Gasteiger partial charge in [0.15, 0.2) is 5.82 Å². The number of hydrogen-bond acceptors (Lipinski definition) is 5. The number of carbonyl (C=O) groups excluding carboxylic acids is 1. The summed E-state index contributed by atoms with van der Waals surface area (Å²) in [7, 11) is 1.63. The monoisotopic (exact) mass is 404 g/mol. The molecule has 4 aromatic rings. The maximum atomic E-state index is 11.4. The average molecular weight is 404 g/mol. The van der Waals surface area contributed by atoms with Gasteiger partial charge < -0.3 is 26.5 Å². The zero-order valence-corrected chi connectivity index (χ0v) is 16.9. The Morgan fingerprint density at radius 3 is 2.67 bits per heavy atom. The summed E-state index contributed by atoms with van der Waals surface area (Å²) in [6.07, 6.45) is 0.595. The first-order valence-electron chi connectivity index (χ1n) is 9.62. The molecule has 0 aliphatic rings. The Bertz CT molecular complexity index is 1210. The molecular weight excluding hydrogens is 380 g/mol. The average Bonchev–Trinajstić information content (AvgIpc) is 3.24. The van der Waals surface area contributed by atoms with Gasteiger partial charge in [-0.3, -0.25) is 4.79 Å². The van der Waals surface area contributed by atoms with E-state index in [9.17, 15) is 4.79 Å². The van der Waals surface area contributed by atoms with E-state index < -0.39 is 0 Å². The molecule has 0 saturated heterocycles. The Morgan fingerprint density at radius 1 is 1.20 bits per heavy atom. The van der Waals surface area contributed by atoms with Crippen LogP contribution in [0.1, 0.15) is 12.5 Å². The van der Waals surface area contributed by atoms with Crippen molar-refractivity contribution >= 4 is 28.4 Å². The van der Waals surface area contributed by atoms with Crippen LogP contribution in [0.5, 0.6) is 5.75 Å². The largest absolute Gasteiger partial charge is 0.497 e. The molecule has 0 radical (unpaired) electrons. The lowest BCUT2D eigenvalue weighted by Crippen LogP contribution is -2.22. The van der Waals surface area contributed by atoms with Gasteiger partial charge in [0.25, 0.3) is 0 Å². The molecule has 6 N–H and O–H groups in total. The topological polar surface area (TPSA) is 124 Å². The standard InChI is InChI=1S/C22H24N6O2/c1-13(29)25-11-10-16-17-12-15(30-2)8-9-18(17)26-20(16)19-21(23)27-28(22(19)24)14-6-4-3-5-7-14/h3-9,12,26H,10-11,24H2,1-2H3,(H2,23,27)(H,25,29). The van der Waals surface area contributed by atoms with Crippen molar-refractivity contribution in [3.8, 4) is 22.7 Å². The molecule has 2 aromatic heterocycles. The van der Waals surface area contributed by atoms with Crippen LogP contribution in [0.15, 0.2) is 48.5 Å². The number of para-hydroxylation sites is 1. The lowest BCUT2D eigenvalue weighted by atomic mass is 10.0. The van der Waals surface area contributed by atoms with E-state index in [-0.39, 0.29) is 5.91 Å². The molecule has 0 unspecified atom stereocenters. The molecule has 0 aliphatic carbocycles. The number of ether oxygens (including phenoxy) is 1. The number of aromatic nitrogens is 3. The summed E-state index contributed by atoms with van der Waals surface area (Å²) in [6.45, 7) is 1.98. The minimum Gasteiger partial charge on any atom is -0.497 e. The van der Waals surface area contributed by atoms with Crippen molar-refractivity contribution in [2.45, 2.75) is 13.3 Å². The first-order valence-corrected chi connectivity index (χ1v) is 9.62. The van der Waals surface area contributed by atoms with Gasteiger partial charge >= 0.3 is 0 Å². The Labute approximate surface area is 173 Å². The molecule has 154 valence electrons. The Hall–Kier alpha value is -3.94. The lowest BCUT2D eigenvalue weighted by molar-refractivity contribution is -0.118. The van der Waals surface area contributed by atoms with Gasteiger partial charge in [-0.25, -0.2) is 4.68 Å². The molecule has 30 heavy (non-hydrogen) atoms. The minimum absolute atomic E-state index is 0.0788. The quantitative estimate of drug-likeness (QED) is 0.393. The normalized spacial score (nSPS) is 11.0. The molecule has 0 bridgehead atoms. The van der Waals surface area contributed by atoms with Gasteiger partial charge in [0.05, 0.1) is 24.1 Å². The van der Waals surface area contributed by atoms with E-state index in [1.807, 2.05) is 48.5 Å². The molecule has 2 aromatic carbocycles. The van der Waals surface area contributed by atoms with E-state index in [1.165, 1.54) is 6.92 Å². The first-order chi connectivity index (χ1) is 14.5. The minimum atomic E-state index is -0.0788. The number of fused-ring (bicyclic) bond motifs is 1. The molecule has 4 rings (SSSR count). The number of nitrogen functional groups attached to an aromatic ring is 2. The molecule has 0 saturated carbocycles. The summed E-state index contributed by atoms with van der Waals surface area (Å²) in [4.78, 5) is 14.8. The van der Waals surface area contributed by atoms with Gasteiger partial charge in [0.1, 0.15) is 11.6 Å². The summed E-state index contributed by atoms with van der Waals surface area (Å²) in [6, 6.07) is 15.4. The number of benzene rings is 2. The van der Waals surface area contributed by atoms with Gasteiger partial charge in [-0.1, -0.05) is 18.2 Å². The highest BCUT2D eigenvalue weighted by Crippen LogP contribution is 2.39. The highest BCUT2D eigenvalue weighted by atomic mass is 16.5. The number of rotatable bonds is 6.